The Balaban J connectivity index is 1.34. The Kier molecular flexibility index (Phi) is 6.58. The normalized spacial score (nSPS) is 24.4. The average Bonchev–Trinajstić information content (AvgIpc) is 3.43. The fourth-order valence-electron chi connectivity index (χ4n) is 4.84. The Morgan fingerprint density at radius 1 is 1.19 bits per heavy atom. The molecule has 5 nitrogen and oxygen atoms in total. The molecule has 2 aromatic carbocycles. The first-order chi connectivity index (χ1) is 14.9. The second-order valence-electron chi connectivity index (χ2n) is 8.80. The summed E-state index contributed by atoms with van der Waals surface area (Å²) in [7, 11) is 1.48. The summed E-state index contributed by atoms with van der Waals surface area (Å²) in [5.74, 6) is 0.388. The molecule has 4 atom stereocenters. The highest BCUT2D eigenvalue weighted by Gasteiger charge is 2.28. The molecule has 4 unspecified atom stereocenters. The number of halogens is 1. The summed E-state index contributed by atoms with van der Waals surface area (Å²) < 4.78 is 18.8. The van der Waals surface area contributed by atoms with Crippen molar-refractivity contribution in [2.75, 3.05) is 20.2 Å². The summed E-state index contributed by atoms with van der Waals surface area (Å²) in [6.45, 7) is 3.14. The second-order valence-corrected chi connectivity index (χ2v) is 8.80. The van der Waals surface area contributed by atoms with Gasteiger partial charge in [0.25, 0.3) is 5.91 Å². The van der Waals surface area contributed by atoms with Gasteiger partial charge in [0, 0.05) is 30.7 Å². The Hall–Kier alpha value is -2.44. The summed E-state index contributed by atoms with van der Waals surface area (Å²) >= 11 is 0. The van der Waals surface area contributed by atoms with Crippen LogP contribution in [0.4, 0.5) is 4.39 Å². The first-order valence-corrected chi connectivity index (χ1v) is 11.1. The van der Waals surface area contributed by atoms with E-state index in [1.165, 1.54) is 18.7 Å². The second kappa shape index (κ2) is 9.37. The van der Waals surface area contributed by atoms with Crippen molar-refractivity contribution in [2.45, 2.75) is 56.7 Å². The van der Waals surface area contributed by atoms with E-state index in [0.29, 0.717) is 37.0 Å². The third-order valence-electron chi connectivity index (χ3n) is 6.67. The highest BCUT2D eigenvalue weighted by molar-refractivity contribution is 5.94. The van der Waals surface area contributed by atoms with Gasteiger partial charge in [-0.05, 0) is 73.9 Å². The summed E-state index contributed by atoms with van der Waals surface area (Å²) in [4.78, 5) is 14.3. The number of hydrogen-bond acceptors (Lipinski definition) is 4. The summed E-state index contributed by atoms with van der Waals surface area (Å²) in [6, 6.07) is 13.5. The highest BCUT2D eigenvalue weighted by atomic mass is 19.1. The van der Waals surface area contributed by atoms with E-state index in [2.05, 4.69) is 24.4 Å². The largest absolute Gasteiger partial charge is 0.494 e. The van der Waals surface area contributed by atoms with E-state index in [-0.39, 0.29) is 23.5 Å². The first kappa shape index (κ1) is 21.8. The van der Waals surface area contributed by atoms with Gasteiger partial charge < -0.3 is 20.1 Å². The number of aliphatic hydroxyl groups excluding tert-OH is 1. The monoisotopic (exact) mass is 426 g/mol. The number of nitrogens with zero attached hydrogens (tertiary/aromatic N) is 1. The fraction of sp³-hybridized carbons (Fsp3) is 0.480. The van der Waals surface area contributed by atoms with Gasteiger partial charge in [-0.25, -0.2) is 4.39 Å². The Labute approximate surface area is 183 Å². The maximum atomic E-state index is 13.7. The minimum absolute atomic E-state index is 0.00221. The SMILES string of the molecule is COc1cc(C(C)NC2CCC(c3ccc(C(=O)N4CCC(O)C4)cc3)C2)ccc1F. The maximum Gasteiger partial charge on any atom is 0.253 e. The van der Waals surface area contributed by atoms with E-state index in [1.807, 2.05) is 12.1 Å². The number of hydrogen-bond donors (Lipinski definition) is 2. The van der Waals surface area contributed by atoms with Crippen molar-refractivity contribution in [1.82, 2.24) is 10.2 Å². The molecular formula is C25H31FN2O3. The molecule has 0 spiro atoms. The van der Waals surface area contributed by atoms with Crippen LogP contribution in [0.25, 0.3) is 0 Å². The molecule has 1 aliphatic carbocycles. The van der Waals surface area contributed by atoms with Gasteiger partial charge in [0.05, 0.1) is 13.2 Å². The number of methoxy groups -OCH3 is 1. The number of likely N-dealkylation sites (tertiary alicyclic amines) is 1. The zero-order valence-corrected chi connectivity index (χ0v) is 18.2. The lowest BCUT2D eigenvalue weighted by molar-refractivity contribution is 0.0765. The smallest absolute Gasteiger partial charge is 0.253 e. The number of ether oxygens (including phenoxy) is 1. The molecule has 0 bridgehead atoms. The van der Waals surface area contributed by atoms with Crippen LogP contribution in [0.15, 0.2) is 42.5 Å². The van der Waals surface area contributed by atoms with Gasteiger partial charge in [-0.3, -0.25) is 4.79 Å². The van der Waals surface area contributed by atoms with E-state index >= 15 is 0 Å². The third-order valence-corrected chi connectivity index (χ3v) is 6.67. The summed E-state index contributed by atoms with van der Waals surface area (Å²) in [5, 5.41) is 13.3. The Morgan fingerprint density at radius 3 is 2.65 bits per heavy atom. The van der Waals surface area contributed by atoms with Crippen LogP contribution in [0.3, 0.4) is 0 Å². The van der Waals surface area contributed by atoms with Crippen molar-refractivity contribution in [3.8, 4) is 5.75 Å². The van der Waals surface area contributed by atoms with Gasteiger partial charge in [0.2, 0.25) is 0 Å². The molecule has 0 radical (unpaired) electrons. The number of carbonyl (C=O) groups is 1. The van der Waals surface area contributed by atoms with E-state index in [1.54, 1.807) is 17.0 Å². The maximum absolute atomic E-state index is 13.7. The standard InChI is InChI=1S/C25H31FN2O3/c1-16(19-8-10-23(26)24(14-19)31-2)27-21-9-7-20(13-21)17-3-5-18(6-4-17)25(30)28-12-11-22(29)15-28/h3-6,8,10,14,16,20-22,27,29H,7,9,11-13,15H2,1-2H3. The van der Waals surface area contributed by atoms with Gasteiger partial charge >= 0.3 is 0 Å². The molecule has 1 amide bonds. The number of aliphatic hydroxyl groups is 1. The van der Waals surface area contributed by atoms with Crippen LogP contribution in [-0.4, -0.2) is 48.3 Å². The Morgan fingerprint density at radius 2 is 1.97 bits per heavy atom. The zero-order chi connectivity index (χ0) is 22.0. The molecule has 1 saturated heterocycles. The molecule has 1 aliphatic heterocycles. The fourth-order valence-corrected chi connectivity index (χ4v) is 4.84. The van der Waals surface area contributed by atoms with Crippen molar-refractivity contribution in [3.63, 3.8) is 0 Å². The quantitative estimate of drug-likeness (QED) is 0.732. The topological polar surface area (TPSA) is 61.8 Å². The number of amides is 1. The number of nitrogens with one attached hydrogen (secondary N) is 1. The number of benzene rings is 2. The van der Waals surface area contributed by atoms with Gasteiger partial charge in [-0.15, -0.1) is 0 Å². The number of carbonyl (C=O) groups excluding carboxylic acids is 1. The van der Waals surface area contributed by atoms with Gasteiger partial charge in [-0.1, -0.05) is 18.2 Å². The van der Waals surface area contributed by atoms with E-state index in [9.17, 15) is 14.3 Å². The van der Waals surface area contributed by atoms with Gasteiger partial charge in [0.15, 0.2) is 11.6 Å². The number of rotatable bonds is 6. The molecular weight excluding hydrogens is 395 g/mol. The van der Waals surface area contributed by atoms with Crippen LogP contribution in [0.2, 0.25) is 0 Å². The molecule has 4 rings (SSSR count). The van der Waals surface area contributed by atoms with Crippen LogP contribution in [0.5, 0.6) is 5.75 Å². The molecule has 1 heterocycles. The molecule has 1 saturated carbocycles. The zero-order valence-electron chi connectivity index (χ0n) is 18.2. The predicted molar refractivity (Wildman–Crippen MR) is 118 cm³/mol. The van der Waals surface area contributed by atoms with Crippen molar-refractivity contribution in [1.29, 1.82) is 0 Å². The minimum atomic E-state index is -0.399. The predicted octanol–water partition coefficient (Wildman–Crippen LogP) is 4.03. The van der Waals surface area contributed by atoms with Crippen LogP contribution in [-0.2, 0) is 0 Å². The van der Waals surface area contributed by atoms with Gasteiger partial charge in [-0.2, -0.15) is 0 Å². The van der Waals surface area contributed by atoms with Crippen molar-refractivity contribution in [3.05, 3.63) is 65.0 Å². The highest BCUT2D eigenvalue weighted by Crippen LogP contribution is 2.36. The van der Waals surface area contributed by atoms with E-state index < -0.39 is 6.10 Å². The minimum Gasteiger partial charge on any atom is -0.494 e. The molecule has 2 aliphatic rings. The molecule has 0 aromatic heterocycles. The lowest BCUT2D eigenvalue weighted by Gasteiger charge is -2.21. The van der Waals surface area contributed by atoms with Crippen LogP contribution >= 0.6 is 0 Å². The molecule has 166 valence electrons. The third kappa shape index (κ3) is 4.91. The lowest BCUT2D eigenvalue weighted by Crippen LogP contribution is -2.29. The summed E-state index contributed by atoms with van der Waals surface area (Å²) in [5.41, 5.74) is 2.96. The molecule has 2 aromatic rings. The number of β-amino-alcohol motifs (C(OH)–C–C–N with tert-alkyl or cyclic N) is 1. The van der Waals surface area contributed by atoms with E-state index in [0.717, 1.165) is 24.8 Å². The average molecular weight is 427 g/mol. The molecule has 2 N–H and O–H groups in total. The summed E-state index contributed by atoms with van der Waals surface area (Å²) in [6.07, 6.45) is 3.48. The first-order valence-electron chi connectivity index (χ1n) is 11.1. The molecule has 6 heteroatoms. The Bertz CT molecular complexity index is 917. The van der Waals surface area contributed by atoms with Crippen molar-refractivity contribution in [2.24, 2.45) is 0 Å². The van der Waals surface area contributed by atoms with Crippen LogP contribution in [0, 0.1) is 5.82 Å². The lowest BCUT2D eigenvalue weighted by atomic mass is 9.96. The van der Waals surface area contributed by atoms with E-state index in [4.69, 9.17) is 4.74 Å². The van der Waals surface area contributed by atoms with Crippen LogP contribution < -0.4 is 10.1 Å². The van der Waals surface area contributed by atoms with Crippen LogP contribution in [0.1, 0.15) is 66.1 Å². The van der Waals surface area contributed by atoms with Gasteiger partial charge in [0.1, 0.15) is 0 Å². The van der Waals surface area contributed by atoms with Crippen molar-refractivity contribution < 1.29 is 19.0 Å². The van der Waals surface area contributed by atoms with Crippen molar-refractivity contribution >= 4 is 5.91 Å². The molecule has 2 fully saturated rings. The molecule has 31 heavy (non-hydrogen) atoms.